The maximum absolute atomic E-state index is 5.53. The van der Waals surface area contributed by atoms with Gasteiger partial charge in [0.25, 0.3) is 5.89 Å². The summed E-state index contributed by atoms with van der Waals surface area (Å²) in [6, 6.07) is 3.51. The Morgan fingerprint density at radius 2 is 2.33 bits per heavy atom. The first-order valence-electron chi connectivity index (χ1n) is 4.33. The van der Waals surface area contributed by atoms with E-state index in [9.17, 15) is 0 Å². The van der Waals surface area contributed by atoms with Crippen LogP contribution in [0.5, 0.6) is 0 Å². The second-order valence-electron chi connectivity index (χ2n) is 2.93. The molecule has 0 saturated heterocycles. The summed E-state index contributed by atoms with van der Waals surface area (Å²) in [6.45, 7) is 0. The third-order valence-electron chi connectivity index (χ3n) is 1.75. The predicted molar refractivity (Wildman–Crippen MR) is 59.2 cm³/mol. The Bertz CT molecular complexity index is 440. The first-order valence-corrected chi connectivity index (χ1v) is 5.72. The van der Waals surface area contributed by atoms with Crippen molar-refractivity contribution in [3.8, 4) is 11.6 Å². The normalized spacial score (nSPS) is 10.5. The number of hydrogen-bond donors (Lipinski definition) is 1. The Kier molecular flexibility index (Phi) is 2.86. The molecule has 2 aromatic heterocycles. The quantitative estimate of drug-likeness (QED) is 0.849. The molecule has 6 heteroatoms. The van der Waals surface area contributed by atoms with Gasteiger partial charge in [0.15, 0.2) is 5.82 Å². The molecule has 0 fully saturated rings. The van der Waals surface area contributed by atoms with Gasteiger partial charge in [-0.25, -0.2) is 4.98 Å². The van der Waals surface area contributed by atoms with Gasteiger partial charge in [-0.05, 0) is 18.4 Å². The van der Waals surface area contributed by atoms with Crippen molar-refractivity contribution in [3.05, 3.63) is 24.2 Å². The molecule has 0 radical (unpaired) electrons. The Labute approximate surface area is 91.1 Å². The van der Waals surface area contributed by atoms with Crippen LogP contribution < -0.4 is 5.73 Å². The number of thioether (sulfide) groups is 1. The van der Waals surface area contributed by atoms with Crippen LogP contribution in [0.3, 0.4) is 0 Å². The SMILES string of the molecule is CSCc1noc(-c2ccc(N)cn2)n1. The van der Waals surface area contributed by atoms with Gasteiger partial charge in [-0.15, -0.1) is 0 Å². The molecule has 2 heterocycles. The average molecular weight is 222 g/mol. The van der Waals surface area contributed by atoms with E-state index < -0.39 is 0 Å². The minimum absolute atomic E-state index is 0.430. The fraction of sp³-hybridized carbons (Fsp3) is 0.222. The van der Waals surface area contributed by atoms with Crippen molar-refractivity contribution in [2.75, 3.05) is 12.0 Å². The zero-order valence-corrected chi connectivity index (χ0v) is 8.99. The molecule has 0 amide bonds. The Morgan fingerprint density at radius 3 is 3.00 bits per heavy atom. The van der Waals surface area contributed by atoms with Gasteiger partial charge in [0, 0.05) is 0 Å². The number of anilines is 1. The largest absolute Gasteiger partial charge is 0.397 e. The second kappa shape index (κ2) is 4.31. The Hall–Kier alpha value is -1.56. The zero-order chi connectivity index (χ0) is 10.7. The highest BCUT2D eigenvalue weighted by Crippen LogP contribution is 2.16. The van der Waals surface area contributed by atoms with Crippen LogP contribution in [-0.4, -0.2) is 21.4 Å². The zero-order valence-electron chi connectivity index (χ0n) is 8.17. The number of aromatic nitrogens is 3. The van der Waals surface area contributed by atoms with Crippen LogP contribution in [-0.2, 0) is 5.75 Å². The second-order valence-corrected chi connectivity index (χ2v) is 3.79. The summed E-state index contributed by atoms with van der Waals surface area (Å²) in [7, 11) is 0. The van der Waals surface area contributed by atoms with Gasteiger partial charge in [0.05, 0.1) is 17.6 Å². The summed E-state index contributed by atoms with van der Waals surface area (Å²) in [4.78, 5) is 8.29. The van der Waals surface area contributed by atoms with Gasteiger partial charge in [-0.2, -0.15) is 16.7 Å². The average Bonchev–Trinajstić information content (AvgIpc) is 2.68. The smallest absolute Gasteiger partial charge is 0.276 e. The highest BCUT2D eigenvalue weighted by molar-refractivity contribution is 7.97. The third-order valence-corrected chi connectivity index (χ3v) is 2.29. The maximum atomic E-state index is 5.53. The monoisotopic (exact) mass is 222 g/mol. The number of hydrogen-bond acceptors (Lipinski definition) is 6. The molecule has 2 rings (SSSR count). The molecule has 5 nitrogen and oxygen atoms in total. The minimum Gasteiger partial charge on any atom is -0.397 e. The van der Waals surface area contributed by atoms with E-state index in [1.165, 1.54) is 0 Å². The van der Waals surface area contributed by atoms with E-state index in [1.807, 2.05) is 6.26 Å². The Balaban J connectivity index is 2.25. The molecule has 15 heavy (non-hydrogen) atoms. The van der Waals surface area contributed by atoms with E-state index in [4.69, 9.17) is 10.3 Å². The van der Waals surface area contributed by atoms with Gasteiger partial charge >= 0.3 is 0 Å². The Morgan fingerprint density at radius 1 is 1.47 bits per heavy atom. The molecule has 2 N–H and O–H groups in total. The molecule has 0 saturated carbocycles. The van der Waals surface area contributed by atoms with Crippen molar-refractivity contribution >= 4 is 17.4 Å². The van der Waals surface area contributed by atoms with Crippen molar-refractivity contribution in [3.63, 3.8) is 0 Å². The summed E-state index contributed by atoms with van der Waals surface area (Å²) in [5.74, 6) is 1.84. The van der Waals surface area contributed by atoms with Gasteiger partial charge in [0.1, 0.15) is 5.69 Å². The first kappa shape index (κ1) is 9.97. The first-order chi connectivity index (χ1) is 7.29. The molecule has 0 bridgehead atoms. The van der Waals surface area contributed by atoms with Crippen LogP contribution in [0, 0.1) is 0 Å². The summed E-state index contributed by atoms with van der Waals surface area (Å²) < 4.78 is 5.07. The lowest BCUT2D eigenvalue weighted by molar-refractivity contribution is 0.424. The van der Waals surface area contributed by atoms with E-state index >= 15 is 0 Å². The topological polar surface area (TPSA) is 77.8 Å². The van der Waals surface area contributed by atoms with Crippen LogP contribution in [0.15, 0.2) is 22.9 Å². The van der Waals surface area contributed by atoms with Crippen LogP contribution in [0.25, 0.3) is 11.6 Å². The number of pyridine rings is 1. The van der Waals surface area contributed by atoms with E-state index in [2.05, 4.69) is 15.1 Å². The van der Waals surface area contributed by atoms with E-state index in [0.717, 1.165) is 5.75 Å². The van der Waals surface area contributed by atoms with Crippen molar-refractivity contribution in [1.29, 1.82) is 0 Å². The van der Waals surface area contributed by atoms with Gasteiger partial charge < -0.3 is 10.3 Å². The molecule has 0 spiro atoms. The summed E-state index contributed by atoms with van der Waals surface area (Å²) in [6.07, 6.45) is 3.55. The molecule has 0 aliphatic heterocycles. The van der Waals surface area contributed by atoms with E-state index in [-0.39, 0.29) is 0 Å². The van der Waals surface area contributed by atoms with Crippen LogP contribution in [0.1, 0.15) is 5.82 Å². The van der Waals surface area contributed by atoms with Crippen LogP contribution in [0.2, 0.25) is 0 Å². The summed E-state index contributed by atoms with van der Waals surface area (Å²) >= 11 is 1.64. The number of nitrogens with two attached hydrogens (primary N) is 1. The van der Waals surface area contributed by atoms with Crippen LogP contribution in [0.4, 0.5) is 5.69 Å². The minimum atomic E-state index is 0.430. The predicted octanol–water partition coefficient (Wildman–Crippen LogP) is 1.58. The number of nitrogens with zero attached hydrogens (tertiary/aromatic N) is 3. The lowest BCUT2D eigenvalue weighted by atomic mass is 10.3. The molecule has 0 atom stereocenters. The van der Waals surface area contributed by atoms with Crippen molar-refractivity contribution in [2.24, 2.45) is 0 Å². The van der Waals surface area contributed by atoms with Gasteiger partial charge in [-0.1, -0.05) is 5.16 Å². The fourth-order valence-corrected chi connectivity index (χ4v) is 1.45. The lowest BCUT2D eigenvalue weighted by Gasteiger charge is -1.93. The molecular weight excluding hydrogens is 212 g/mol. The highest BCUT2D eigenvalue weighted by atomic mass is 32.2. The standard InChI is InChI=1S/C9H10N4OS/c1-15-5-8-12-9(14-13-8)7-3-2-6(10)4-11-7/h2-4H,5,10H2,1H3. The number of nitrogen functional groups attached to an aromatic ring is 1. The van der Waals surface area contributed by atoms with E-state index in [1.54, 1.807) is 30.1 Å². The van der Waals surface area contributed by atoms with Gasteiger partial charge in [0.2, 0.25) is 0 Å². The molecule has 2 aromatic rings. The molecular formula is C9H10N4OS. The molecule has 0 aliphatic rings. The van der Waals surface area contributed by atoms with Crippen molar-refractivity contribution in [2.45, 2.75) is 5.75 Å². The molecule has 0 aromatic carbocycles. The van der Waals surface area contributed by atoms with Crippen LogP contribution >= 0.6 is 11.8 Å². The summed E-state index contributed by atoms with van der Waals surface area (Å²) in [5, 5.41) is 3.83. The molecule has 0 aliphatic carbocycles. The maximum Gasteiger partial charge on any atom is 0.276 e. The third kappa shape index (κ3) is 2.27. The molecule has 0 unspecified atom stereocenters. The number of rotatable bonds is 3. The van der Waals surface area contributed by atoms with Crippen molar-refractivity contribution < 1.29 is 4.52 Å². The highest BCUT2D eigenvalue weighted by Gasteiger charge is 2.08. The van der Waals surface area contributed by atoms with E-state index in [0.29, 0.717) is 23.1 Å². The molecule has 78 valence electrons. The fourth-order valence-electron chi connectivity index (χ4n) is 1.08. The summed E-state index contributed by atoms with van der Waals surface area (Å²) in [5.41, 5.74) is 6.78. The van der Waals surface area contributed by atoms with Gasteiger partial charge in [-0.3, -0.25) is 0 Å². The van der Waals surface area contributed by atoms with Crippen molar-refractivity contribution in [1.82, 2.24) is 15.1 Å². The lowest BCUT2D eigenvalue weighted by Crippen LogP contribution is -1.88.